The number of rotatable bonds is 5. The molecule has 0 aromatic heterocycles. The molecule has 1 atom stereocenters. The van der Waals surface area contributed by atoms with E-state index >= 15 is 0 Å². The number of ketones is 1. The lowest BCUT2D eigenvalue weighted by atomic mass is 10.0. The molecule has 3 heteroatoms. The van der Waals surface area contributed by atoms with Gasteiger partial charge in [0.25, 0.3) is 0 Å². The summed E-state index contributed by atoms with van der Waals surface area (Å²) in [5, 5.41) is 0. The van der Waals surface area contributed by atoms with Gasteiger partial charge in [0.1, 0.15) is 5.78 Å². The zero-order valence-corrected chi connectivity index (χ0v) is 10.3. The molecule has 0 aliphatic heterocycles. The third-order valence-corrected chi connectivity index (χ3v) is 2.58. The first-order valence-corrected chi connectivity index (χ1v) is 8.00. The van der Waals surface area contributed by atoms with Crippen LogP contribution in [0.4, 0.5) is 0 Å². The molecule has 0 spiro atoms. The lowest BCUT2D eigenvalue weighted by Crippen LogP contribution is -2.25. The van der Waals surface area contributed by atoms with E-state index in [4.69, 9.17) is 4.43 Å². The number of hydrogen-bond acceptors (Lipinski definition) is 2. The number of allylic oxidation sites excluding steroid dienone is 1. The lowest BCUT2D eigenvalue weighted by Gasteiger charge is -2.22. The number of carbonyl (C=O) groups excluding carboxylic acids is 1. The lowest BCUT2D eigenvalue weighted by molar-refractivity contribution is -0.120. The highest BCUT2D eigenvalue weighted by Gasteiger charge is 2.18. The summed E-state index contributed by atoms with van der Waals surface area (Å²) in [7, 11) is -1.53. The fraction of sp³-hybridized carbons (Fsp3) is 0.700. The number of Topliss-reactive ketones (excluding diaryl/α,β-unsaturated/α-hetero) is 1. The van der Waals surface area contributed by atoms with Crippen LogP contribution in [0, 0.1) is 5.92 Å². The molecule has 0 aliphatic rings. The molecule has 13 heavy (non-hydrogen) atoms. The van der Waals surface area contributed by atoms with Crippen LogP contribution in [0.25, 0.3) is 0 Å². The summed E-state index contributed by atoms with van der Waals surface area (Å²) in [6.07, 6.45) is 0.652. The predicted molar refractivity (Wildman–Crippen MR) is 58.0 cm³/mol. The minimum atomic E-state index is -1.53. The fourth-order valence-corrected chi connectivity index (χ4v) is 1.91. The predicted octanol–water partition coefficient (Wildman–Crippen LogP) is 2.97. The zero-order chi connectivity index (χ0) is 10.6. The normalized spacial score (nSPS) is 13.6. The van der Waals surface area contributed by atoms with Crippen LogP contribution >= 0.6 is 0 Å². The molecule has 0 fully saturated rings. The van der Waals surface area contributed by atoms with Crippen LogP contribution in [0.1, 0.15) is 20.3 Å². The Morgan fingerprint density at radius 3 is 2.23 bits per heavy atom. The molecule has 0 aromatic carbocycles. The maximum Gasteiger partial charge on any atom is 0.241 e. The minimum absolute atomic E-state index is 0.0313. The Kier molecular flexibility index (Phi) is 4.40. The molecule has 0 aromatic rings. The van der Waals surface area contributed by atoms with Crippen molar-refractivity contribution in [1.82, 2.24) is 0 Å². The Morgan fingerprint density at radius 1 is 1.46 bits per heavy atom. The van der Waals surface area contributed by atoms with E-state index in [9.17, 15) is 4.79 Å². The highest BCUT2D eigenvalue weighted by Crippen LogP contribution is 2.16. The van der Waals surface area contributed by atoms with Crippen LogP contribution in [-0.2, 0) is 9.22 Å². The van der Waals surface area contributed by atoms with Crippen molar-refractivity contribution in [2.75, 3.05) is 0 Å². The molecule has 0 heterocycles. The van der Waals surface area contributed by atoms with Crippen LogP contribution in [-0.4, -0.2) is 14.1 Å². The van der Waals surface area contributed by atoms with E-state index in [2.05, 4.69) is 26.2 Å². The van der Waals surface area contributed by atoms with E-state index in [1.807, 2.05) is 6.92 Å². The van der Waals surface area contributed by atoms with E-state index in [0.29, 0.717) is 6.42 Å². The summed E-state index contributed by atoms with van der Waals surface area (Å²) in [6.45, 7) is 13.7. The Hall–Kier alpha value is -0.573. The monoisotopic (exact) mass is 200 g/mol. The maximum absolute atomic E-state index is 11.0. The van der Waals surface area contributed by atoms with Gasteiger partial charge in [-0.1, -0.05) is 13.5 Å². The molecule has 0 saturated heterocycles. The zero-order valence-electron chi connectivity index (χ0n) is 9.31. The quantitative estimate of drug-likeness (QED) is 0.504. The van der Waals surface area contributed by atoms with Gasteiger partial charge in [-0.05, 0) is 26.6 Å². The third kappa shape index (κ3) is 6.58. The van der Waals surface area contributed by atoms with Gasteiger partial charge in [0.05, 0.1) is 5.76 Å². The molecular weight excluding hydrogens is 180 g/mol. The average Bonchev–Trinajstić information content (AvgIpc) is 1.81. The van der Waals surface area contributed by atoms with Crippen molar-refractivity contribution < 1.29 is 9.22 Å². The number of carbonyl (C=O) groups is 1. The van der Waals surface area contributed by atoms with Gasteiger partial charge in [-0.2, -0.15) is 0 Å². The molecule has 1 unspecified atom stereocenters. The third-order valence-electron chi connectivity index (χ3n) is 1.68. The first-order valence-electron chi connectivity index (χ1n) is 4.59. The standard InChI is InChI=1S/C10H20O2Si/c1-8(10(3)11)7-9(2)12-13(4,5)6/h8H,2,7H2,1,3-6H3. The fourth-order valence-electron chi connectivity index (χ4n) is 0.960. The summed E-state index contributed by atoms with van der Waals surface area (Å²) in [4.78, 5) is 11.0. The van der Waals surface area contributed by atoms with E-state index in [-0.39, 0.29) is 11.7 Å². The van der Waals surface area contributed by atoms with Crippen molar-refractivity contribution in [3.8, 4) is 0 Å². The molecule has 0 saturated carbocycles. The van der Waals surface area contributed by atoms with Crippen molar-refractivity contribution in [3.63, 3.8) is 0 Å². The van der Waals surface area contributed by atoms with Gasteiger partial charge in [0.15, 0.2) is 0 Å². The van der Waals surface area contributed by atoms with Gasteiger partial charge in [0.2, 0.25) is 8.32 Å². The Bertz CT molecular complexity index is 203. The average molecular weight is 200 g/mol. The Balaban J connectivity index is 3.96. The van der Waals surface area contributed by atoms with E-state index in [1.54, 1.807) is 6.92 Å². The van der Waals surface area contributed by atoms with Crippen LogP contribution in [0.3, 0.4) is 0 Å². The molecule has 76 valence electrons. The summed E-state index contributed by atoms with van der Waals surface area (Å²) < 4.78 is 5.65. The molecule has 0 rings (SSSR count). The van der Waals surface area contributed by atoms with Gasteiger partial charge >= 0.3 is 0 Å². The summed E-state index contributed by atoms with van der Waals surface area (Å²) in [6, 6.07) is 0. The van der Waals surface area contributed by atoms with Crippen LogP contribution in [0.2, 0.25) is 19.6 Å². The van der Waals surface area contributed by atoms with Crippen molar-refractivity contribution in [2.24, 2.45) is 5.92 Å². The molecule has 0 radical (unpaired) electrons. The highest BCUT2D eigenvalue weighted by molar-refractivity contribution is 6.70. The Morgan fingerprint density at radius 2 is 1.92 bits per heavy atom. The Labute approximate surface area is 82.1 Å². The van der Waals surface area contributed by atoms with Gasteiger partial charge in [-0.3, -0.25) is 4.79 Å². The molecule has 0 amide bonds. The second kappa shape index (κ2) is 4.60. The summed E-state index contributed by atoms with van der Waals surface area (Å²) in [5.74, 6) is 0.978. The summed E-state index contributed by atoms with van der Waals surface area (Å²) >= 11 is 0. The van der Waals surface area contributed by atoms with Gasteiger partial charge < -0.3 is 4.43 Å². The van der Waals surface area contributed by atoms with Crippen molar-refractivity contribution in [1.29, 1.82) is 0 Å². The highest BCUT2D eigenvalue weighted by atomic mass is 28.4. The van der Waals surface area contributed by atoms with E-state index in [1.165, 1.54) is 0 Å². The van der Waals surface area contributed by atoms with Crippen LogP contribution in [0.5, 0.6) is 0 Å². The van der Waals surface area contributed by atoms with E-state index < -0.39 is 8.32 Å². The summed E-state index contributed by atoms with van der Waals surface area (Å²) in [5.41, 5.74) is 0. The topological polar surface area (TPSA) is 26.3 Å². The van der Waals surface area contributed by atoms with Gasteiger partial charge in [-0.25, -0.2) is 0 Å². The van der Waals surface area contributed by atoms with Crippen LogP contribution in [0.15, 0.2) is 12.3 Å². The molecular formula is C10H20O2Si. The van der Waals surface area contributed by atoms with Crippen molar-refractivity contribution in [2.45, 2.75) is 39.9 Å². The molecule has 2 nitrogen and oxygen atoms in total. The SMILES string of the molecule is C=C(CC(C)C(C)=O)O[Si](C)(C)C. The smallest absolute Gasteiger partial charge is 0.241 e. The molecule has 0 aliphatic carbocycles. The second-order valence-electron chi connectivity index (χ2n) is 4.47. The maximum atomic E-state index is 11.0. The largest absolute Gasteiger partial charge is 0.548 e. The molecule has 0 bridgehead atoms. The van der Waals surface area contributed by atoms with E-state index in [0.717, 1.165) is 5.76 Å². The van der Waals surface area contributed by atoms with Gasteiger partial charge in [0, 0.05) is 12.3 Å². The first kappa shape index (κ1) is 12.4. The van der Waals surface area contributed by atoms with Gasteiger partial charge in [-0.15, -0.1) is 0 Å². The minimum Gasteiger partial charge on any atom is -0.548 e. The van der Waals surface area contributed by atoms with Crippen LogP contribution < -0.4 is 0 Å². The van der Waals surface area contributed by atoms with Crippen molar-refractivity contribution >= 4 is 14.1 Å². The first-order chi connectivity index (χ1) is 5.72. The molecule has 0 N–H and O–H groups in total. The van der Waals surface area contributed by atoms with Crippen molar-refractivity contribution in [3.05, 3.63) is 12.3 Å². The number of hydrogen-bond donors (Lipinski definition) is 0. The second-order valence-corrected chi connectivity index (χ2v) is 8.90.